The van der Waals surface area contributed by atoms with Crippen LogP contribution < -0.4 is 0 Å². The van der Waals surface area contributed by atoms with Crippen LogP contribution >= 0.6 is 0 Å². The molecule has 0 heterocycles. The highest BCUT2D eigenvalue weighted by Crippen LogP contribution is 1.81. The lowest BCUT2D eigenvalue weighted by Gasteiger charge is -2.06. The third-order valence-corrected chi connectivity index (χ3v) is 0.775. The molecule has 1 amide bonds. The Bertz CT molecular complexity index is 123. The molecule has 0 aliphatic heterocycles. The first kappa shape index (κ1) is 7.88. The van der Waals surface area contributed by atoms with Crippen molar-refractivity contribution in [2.24, 2.45) is 0 Å². The first-order valence-electron chi connectivity index (χ1n) is 2.53. The van der Waals surface area contributed by atoms with E-state index < -0.39 is 0 Å². The van der Waals surface area contributed by atoms with Gasteiger partial charge in [-0.05, 0) is 13.1 Å². The first-order valence-corrected chi connectivity index (χ1v) is 2.53. The van der Waals surface area contributed by atoms with Gasteiger partial charge in [0.25, 0.3) is 0 Å². The summed E-state index contributed by atoms with van der Waals surface area (Å²) in [5.41, 5.74) is 0. The van der Waals surface area contributed by atoms with E-state index in [4.69, 9.17) is 0 Å². The second-order valence-corrected chi connectivity index (χ2v) is 1.66. The van der Waals surface area contributed by atoms with Crippen molar-refractivity contribution in [2.75, 3.05) is 6.54 Å². The molecule has 0 rings (SSSR count). The number of Topliss-reactive ketones (excluding diaryl/α,β-unsaturated/α-hetero) is 1. The smallest absolute Gasteiger partial charge is 0.214 e. The number of nitrogens with zero attached hydrogens (tertiary/aromatic N) is 1. The lowest BCUT2D eigenvalue weighted by atomic mass is 10.4. The third-order valence-electron chi connectivity index (χ3n) is 0.775. The lowest BCUT2D eigenvalue weighted by Crippen LogP contribution is -2.20. The Kier molecular flexibility index (Phi) is 3.35. The zero-order chi connectivity index (χ0) is 7.28. The van der Waals surface area contributed by atoms with Gasteiger partial charge in [0.1, 0.15) is 5.78 Å². The molecule has 0 aromatic heterocycles. The van der Waals surface area contributed by atoms with Crippen molar-refractivity contribution in [3.63, 3.8) is 0 Å². The van der Waals surface area contributed by atoms with Crippen LogP contribution in [0.25, 0.3) is 0 Å². The maximum atomic E-state index is 10.3. The van der Waals surface area contributed by atoms with E-state index in [-0.39, 0.29) is 12.3 Å². The summed E-state index contributed by atoms with van der Waals surface area (Å²) in [5.74, 6) is -0.0537. The molecule has 0 aliphatic rings. The van der Waals surface area contributed by atoms with Crippen LogP contribution in [0.5, 0.6) is 0 Å². The van der Waals surface area contributed by atoms with Crippen molar-refractivity contribution in [1.82, 2.24) is 4.90 Å². The van der Waals surface area contributed by atoms with Gasteiger partial charge < -0.3 is 4.90 Å². The minimum absolute atomic E-state index is 0.0537. The van der Waals surface area contributed by atoms with Gasteiger partial charge in [0.05, 0.1) is 6.54 Å². The fourth-order valence-electron chi connectivity index (χ4n) is 0.402. The van der Waals surface area contributed by atoms with Crippen molar-refractivity contribution in [1.29, 1.82) is 0 Å². The SMILES string of the molecule is C=CN(C=O)CC(C)=O. The van der Waals surface area contributed by atoms with Crippen LogP contribution in [0.2, 0.25) is 0 Å². The minimum atomic E-state index is -0.0537. The second kappa shape index (κ2) is 3.83. The van der Waals surface area contributed by atoms with Crippen LogP contribution in [0.1, 0.15) is 6.92 Å². The van der Waals surface area contributed by atoms with Gasteiger partial charge in [-0.25, -0.2) is 0 Å². The van der Waals surface area contributed by atoms with E-state index in [2.05, 4.69) is 6.58 Å². The average Bonchev–Trinajstić information content (AvgIpc) is 1.82. The average molecular weight is 127 g/mol. The number of rotatable bonds is 4. The fourth-order valence-corrected chi connectivity index (χ4v) is 0.402. The highest BCUT2D eigenvalue weighted by Gasteiger charge is 1.97. The minimum Gasteiger partial charge on any atom is -0.315 e. The summed E-state index contributed by atoms with van der Waals surface area (Å²) in [6.07, 6.45) is 1.88. The van der Waals surface area contributed by atoms with E-state index in [1.165, 1.54) is 18.0 Å². The molecule has 0 aromatic rings. The molecule has 0 N–H and O–H groups in total. The van der Waals surface area contributed by atoms with E-state index in [1.54, 1.807) is 0 Å². The summed E-state index contributed by atoms with van der Waals surface area (Å²) < 4.78 is 0. The maximum Gasteiger partial charge on any atom is 0.214 e. The summed E-state index contributed by atoms with van der Waals surface area (Å²) in [6, 6.07) is 0. The highest BCUT2D eigenvalue weighted by atomic mass is 16.1. The molecular formula is C6H9NO2. The van der Waals surface area contributed by atoms with Crippen LogP contribution in [-0.4, -0.2) is 23.6 Å². The molecule has 3 nitrogen and oxygen atoms in total. The molecule has 0 saturated carbocycles. The molecule has 0 atom stereocenters. The summed E-state index contributed by atoms with van der Waals surface area (Å²) in [4.78, 5) is 21.5. The van der Waals surface area contributed by atoms with E-state index in [1.807, 2.05) is 0 Å². The van der Waals surface area contributed by atoms with Crippen molar-refractivity contribution < 1.29 is 9.59 Å². The largest absolute Gasteiger partial charge is 0.315 e. The number of ketones is 1. The number of carbonyl (C=O) groups excluding carboxylic acids is 2. The van der Waals surface area contributed by atoms with E-state index in [0.29, 0.717) is 6.41 Å². The molecule has 0 bridgehead atoms. The molecular weight excluding hydrogens is 118 g/mol. The second-order valence-electron chi connectivity index (χ2n) is 1.66. The number of carbonyl (C=O) groups is 2. The lowest BCUT2D eigenvalue weighted by molar-refractivity contribution is -0.123. The molecule has 9 heavy (non-hydrogen) atoms. The Hall–Kier alpha value is -1.12. The molecule has 0 unspecified atom stereocenters. The van der Waals surface area contributed by atoms with Crippen LogP contribution in [-0.2, 0) is 9.59 Å². The first-order chi connectivity index (χ1) is 4.20. The van der Waals surface area contributed by atoms with Gasteiger partial charge >= 0.3 is 0 Å². The third kappa shape index (κ3) is 3.46. The van der Waals surface area contributed by atoms with E-state index >= 15 is 0 Å². The van der Waals surface area contributed by atoms with Gasteiger partial charge in [-0.2, -0.15) is 0 Å². The molecule has 0 saturated heterocycles. The summed E-state index contributed by atoms with van der Waals surface area (Å²) in [6.45, 7) is 4.86. The quantitative estimate of drug-likeness (QED) is 0.505. The Morgan fingerprint density at radius 3 is 2.44 bits per heavy atom. The monoisotopic (exact) mass is 127 g/mol. The van der Waals surface area contributed by atoms with E-state index in [9.17, 15) is 9.59 Å². The van der Waals surface area contributed by atoms with Crippen molar-refractivity contribution in [3.8, 4) is 0 Å². The Balaban J connectivity index is 3.68. The van der Waals surface area contributed by atoms with Crippen molar-refractivity contribution in [3.05, 3.63) is 12.8 Å². The molecule has 0 aromatic carbocycles. The predicted molar refractivity (Wildman–Crippen MR) is 33.6 cm³/mol. The molecule has 0 aliphatic carbocycles. The normalized spacial score (nSPS) is 8.11. The summed E-state index contributed by atoms with van der Waals surface area (Å²) >= 11 is 0. The Labute approximate surface area is 54.0 Å². The zero-order valence-corrected chi connectivity index (χ0v) is 5.33. The molecule has 0 spiro atoms. The van der Waals surface area contributed by atoms with Crippen LogP contribution in [0, 0.1) is 0 Å². The van der Waals surface area contributed by atoms with Gasteiger partial charge in [0.2, 0.25) is 6.41 Å². The predicted octanol–water partition coefficient (Wildman–Crippen LogP) is 0.177. The van der Waals surface area contributed by atoms with Crippen LogP contribution in [0.4, 0.5) is 0 Å². The Morgan fingerprint density at radius 1 is 1.78 bits per heavy atom. The molecule has 0 radical (unpaired) electrons. The maximum absolute atomic E-state index is 10.3. The molecule has 0 fully saturated rings. The highest BCUT2D eigenvalue weighted by molar-refractivity contribution is 5.79. The van der Waals surface area contributed by atoms with Gasteiger partial charge in [-0.15, -0.1) is 0 Å². The number of amides is 1. The number of hydrogen-bond donors (Lipinski definition) is 0. The van der Waals surface area contributed by atoms with Crippen LogP contribution in [0.15, 0.2) is 12.8 Å². The molecule has 50 valence electrons. The van der Waals surface area contributed by atoms with Gasteiger partial charge in [0.15, 0.2) is 0 Å². The van der Waals surface area contributed by atoms with Crippen LogP contribution in [0.3, 0.4) is 0 Å². The molecule has 3 heteroatoms. The fraction of sp³-hybridized carbons (Fsp3) is 0.333. The summed E-state index contributed by atoms with van der Waals surface area (Å²) in [5, 5.41) is 0. The van der Waals surface area contributed by atoms with Crippen molar-refractivity contribution >= 4 is 12.2 Å². The zero-order valence-electron chi connectivity index (χ0n) is 5.33. The topological polar surface area (TPSA) is 37.4 Å². The summed E-state index contributed by atoms with van der Waals surface area (Å²) in [7, 11) is 0. The van der Waals surface area contributed by atoms with Gasteiger partial charge in [0, 0.05) is 0 Å². The standard InChI is InChI=1S/C6H9NO2/c1-3-7(5-8)4-6(2)9/h3,5H,1,4H2,2H3. The number of hydrogen-bond acceptors (Lipinski definition) is 2. The van der Waals surface area contributed by atoms with E-state index in [0.717, 1.165) is 0 Å². The van der Waals surface area contributed by atoms with Crippen molar-refractivity contribution in [2.45, 2.75) is 6.92 Å². The van der Waals surface area contributed by atoms with Gasteiger partial charge in [-0.1, -0.05) is 6.58 Å². The Morgan fingerprint density at radius 2 is 2.33 bits per heavy atom. The van der Waals surface area contributed by atoms with Gasteiger partial charge in [-0.3, -0.25) is 9.59 Å².